The molecule has 0 aromatic heterocycles. The van der Waals surface area contributed by atoms with Crippen molar-refractivity contribution in [3.63, 3.8) is 0 Å². The molecule has 1 fully saturated rings. The summed E-state index contributed by atoms with van der Waals surface area (Å²) < 4.78 is 49.4. The van der Waals surface area contributed by atoms with Crippen LogP contribution in [-0.4, -0.2) is 56.3 Å². The summed E-state index contributed by atoms with van der Waals surface area (Å²) in [7, 11) is -7.62. The van der Waals surface area contributed by atoms with Crippen molar-refractivity contribution in [3.8, 4) is 0 Å². The Morgan fingerprint density at radius 1 is 1.32 bits per heavy atom. The number of sulfone groups is 1. The predicted molar refractivity (Wildman–Crippen MR) is 79.9 cm³/mol. The van der Waals surface area contributed by atoms with Crippen LogP contribution in [0.1, 0.15) is 11.1 Å². The first-order valence-corrected chi connectivity index (χ1v) is 9.83. The number of sulfonamides is 1. The van der Waals surface area contributed by atoms with E-state index in [1.165, 1.54) is 6.07 Å². The second kappa shape index (κ2) is 5.64. The Hall–Kier alpha value is -1.45. The monoisotopic (exact) mass is 347 g/mol. The van der Waals surface area contributed by atoms with Gasteiger partial charge in [-0.3, -0.25) is 4.79 Å². The Labute approximate surface area is 129 Å². The van der Waals surface area contributed by atoms with Gasteiger partial charge in [-0.15, -0.1) is 0 Å². The molecule has 0 radical (unpaired) electrons. The Balaban J connectivity index is 2.50. The molecule has 0 aliphatic carbocycles. The van der Waals surface area contributed by atoms with Crippen LogP contribution in [0.15, 0.2) is 23.1 Å². The van der Waals surface area contributed by atoms with E-state index in [-0.39, 0.29) is 17.2 Å². The van der Waals surface area contributed by atoms with Gasteiger partial charge in [0.2, 0.25) is 10.0 Å². The third kappa shape index (κ3) is 3.16. The zero-order valence-electron chi connectivity index (χ0n) is 12.2. The van der Waals surface area contributed by atoms with E-state index < -0.39 is 37.6 Å². The summed E-state index contributed by atoms with van der Waals surface area (Å²) >= 11 is 0. The van der Waals surface area contributed by atoms with Crippen LogP contribution in [0.4, 0.5) is 0 Å². The molecule has 122 valence electrons. The Morgan fingerprint density at radius 3 is 2.50 bits per heavy atom. The second-order valence-corrected chi connectivity index (χ2v) is 9.44. The summed E-state index contributed by atoms with van der Waals surface area (Å²) in [5, 5.41) is 9.19. The number of aliphatic carboxylic acids is 1. The van der Waals surface area contributed by atoms with Crippen molar-refractivity contribution in [1.82, 2.24) is 4.31 Å². The van der Waals surface area contributed by atoms with E-state index in [2.05, 4.69) is 0 Å². The van der Waals surface area contributed by atoms with E-state index in [1.54, 1.807) is 19.1 Å². The van der Waals surface area contributed by atoms with E-state index >= 15 is 0 Å². The summed E-state index contributed by atoms with van der Waals surface area (Å²) in [6.07, 6.45) is 0. The molecular weight excluding hydrogens is 330 g/mol. The number of carboxylic acids is 1. The molecule has 22 heavy (non-hydrogen) atoms. The molecule has 0 spiro atoms. The van der Waals surface area contributed by atoms with Gasteiger partial charge in [-0.25, -0.2) is 16.8 Å². The highest BCUT2D eigenvalue weighted by atomic mass is 32.2. The van der Waals surface area contributed by atoms with Crippen LogP contribution >= 0.6 is 0 Å². The molecule has 1 aromatic rings. The first-order valence-electron chi connectivity index (χ1n) is 6.57. The van der Waals surface area contributed by atoms with Crippen LogP contribution in [0.5, 0.6) is 0 Å². The molecule has 1 atom stereocenters. The van der Waals surface area contributed by atoms with Crippen molar-refractivity contribution < 1.29 is 26.7 Å². The zero-order chi connectivity index (χ0) is 16.7. The number of nitrogens with zero attached hydrogens (tertiary/aromatic N) is 1. The topological polar surface area (TPSA) is 109 Å². The molecule has 1 aliphatic rings. The molecule has 2 rings (SSSR count). The van der Waals surface area contributed by atoms with E-state index in [4.69, 9.17) is 0 Å². The summed E-state index contributed by atoms with van der Waals surface area (Å²) in [5.41, 5.74) is 1.38. The van der Waals surface area contributed by atoms with E-state index in [1.807, 2.05) is 6.92 Å². The Kier molecular flexibility index (Phi) is 4.33. The minimum absolute atomic E-state index is 0.00338. The third-order valence-electron chi connectivity index (χ3n) is 3.58. The van der Waals surface area contributed by atoms with Gasteiger partial charge in [0.05, 0.1) is 16.4 Å². The van der Waals surface area contributed by atoms with Gasteiger partial charge in [0.1, 0.15) is 6.04 Å². The van der Waals surface area contributed by atoms with Gasteiger partial charge in [0.15, 0.2) is 9.84 Å². The largest absolute Gasteiger partial charge is 0.480 e. The van der Waals surface area contributed by atoms with Gasteiger partial charge < -0.3 is 5.11 Å². The number of carboxylic acid groups (broad SMARTS) is 1. The highest BCUT2D eigenvalue weighted by Gasteiger charge is 2.43. The van der Waals surface area contributed by atoms with Crippen LogP contribution in [0.2, 0.25) is 0 Å². The number of carbonyl (C=O) groups is 1. The van der Waals surface area contributed by atoms with Gasteiger partial charge >= 0.3 is 5.97 Å². The number of hydrogen-bond donors (Lipinski definition) is 1. The van der Waals surface area contributed by atoms with Crippen molar-refractivity contribution in [1.29, 1.82) is 0 Å². The fourth-order valence-electron chi connectivity index (χ4n) is 2.49. The lowest BCUT2D eigenvalue weighted by Crippen LogP contribution is -2.54. The molecule has 1 aliphatic heterocycles. The number of rotatable bonds is 3. The maximum atomic E-state index is 12.7. The first kappa shape index (κ1) is 16.9. The van der Waals surface area contributed by atoms with Gasteiger partial charge in [-0.2, -0.15) is 4.31 Å². The van der Waals surface area contributed by atoms with E-state index in [0.717, 1.165) is 9.87 Å². The van der Waals surface area contributed by atoms with Crippen molar-refractivity contribution in [3.05, 3.63) is 29.3 Å². The van der Waals surface area contributed by atoms with Gasteiger partial charge in [0, 0.05) is 6.54 Å². The highest BCUT2D eigenvalue weighted by molar-refractivity contribution is 7.92. The lowest BCUT2D eigenvalue weighted by Gasteiger charge is -2.32. The molecule has 1 heterocycles. The average molecular weight is 347 g/mol. The summed E-state index contributed by atoms with van der Waals surface area (Å²) in [6, 6.07) is 3.13. The van der Waals surface area contributed by atoms with Crippen LogP contribution in [0.3, 0.4) is 0 Å². The third-order valence-corrected chi connectivity index (χ3v) is 7.28. The Morgan fingerprint density at radius 2 is 1.95 bits per heavy atom. The fraction of sp³-hybridized carbons (Fsp3) is 0.462. The zero-order valence-corrected chi connectivity index (χ0v) is 13.8. The van der Waals surface area contributed by atoms with Gasteiger partial charge in [0.25, 0.3) is 0 Å². The number of benzene rings is 1. The lowest BCUT2D eigenvalue weighted by molar-refractivity contribution is -0.140. The van der Waals surface area contributed by atoms with Crippen molar-refractivity contribution in [2.24, 2.45) is 0 Å². The first-order chi connectivity index (χ1) is 10.0. The highest BCUT2D eigenvalue weighted by Crippen LogP contribution is 2.25. The molecular formula is C13H17NO6S2. The summed E-state index contributed by atoms with van der Waals surface area (Å²) in [4.78, 5) is 11.3. The fourth-order valence-corrected chi connectivity index (χ4v) is 5.93. The SMILES string of the molecule is Cc1ccc(S(=O)(=O)N2CCS(=O)(=O)CC2C(=O)O)c(C)c1. The normalized spacial score (nSPS) is 22.4. The smallest absolute Gasteiger partial charge is 0.323 e. The predicted octanol–water partition coefficient (Wildman–Crippen LogP) is 0.176. The standard InChI is InChI=1S/C13H17NO6S2/c1-9-3-4-12(10(2)7-9)22(19,20)14-5-6-21(17,18)8-11(14)13(15)16/h3-4,7,11H,5-6,8H2,1-2H3,(H,15,16). The van der Waals surface area contributed by atoms with Crippen LogP contribution < -0.4 is 0 Å². The summed E-state index contributed by atoms with van der Waals surface area (Å²) in [5.74, 6) is -2.54. The molecule has 1 unspecified atom stereocenters. The minimum atomic E-state index is -4.07. The van der Waals surface area contributed by atoms with Crippen molar-refractivity contribution in [2.75, 3.05) is 18.1 Å². The molecule has 9 heteroatoms. The van der Waals surface area contributed by atoms with Crippen LogP contribution in [-0.2, 0) is 24.7 Å². The van der Waals surface area contributed by atoms with E-state index in [9.17, 15) is 26.7 Å². The van der Waals surface area contributed by atoms with Crippen LogP contribution in [0, 0.1) is 13.8 Å². The lowest BCUT2D eigenvalue weighted by atomic mass is 10.2. The van der Waals surface area contributed by atoms with Gasteiger partial charge in [-0.05, 0) is 25.5 Å². The second-order valence-electron chi connectivity index (χ2n) is 5.35. The van der Waals surface area contributed by atoms with E-state index in [0.29, 0.717) is 5.56 Å². The number of aryl methyl sites for hydroxylation is 2. The van der Waals surface area contributed by atoms with Crippen molar-refractivity contribution in [2.45, 2.75) is 24.8 Å². The van der Waals surface area contributed by atoms with Crippen LogP contribution in [0.25, 0.3) is 0 Å². The average Bonchev–Trinajstić information content (AvgIpc) is 2.36. The van der Waals surface area contributed by atoms with Gasteiger partial charge in [-0.1, -0.05) is 17.7 Å². The summed E-state index contributed by atoms with van der Waals surface area (Å²) in [6.45, 7) is 3.09. The quantitative estimate of drug-likeness (QED) is 0.835. The molecule has 0 saturated carbocycles. The molecule has 1 N–H and O–H groups in total. The maximum Gasteiger partial charge on any atom is 0.323 e. The Bertz CT molecular complexity index is 813. The molecule has 1 aromatic carbocycles. The molecule has 7 nitrogen and oxygen atoms in total. The molecule has 1 saturated heterocycles. The molecule has 0 bridgehead atoms. The minimum Gasteiger partial charge on any atom is -0.480 e. The number of hydrogen-bond acceptors (Lipinski definition) is 5. The van der Waals surface area contributed by atoms with Crippen molar-refractivity contribution >= 4 is 25.8 Å². The maximum absolute atomic E-state index is 12.7. The molecule has 0 amide bonds.